The molecule has 0 saturated heterocycles. The molecule has 3 aromatic rings. The van der Waals surface area contributed by atoms with E-state index in [2.05, 4.69) is 23.8 Å². The fraction of sp³-hybridized carbons (Fsp3) is 0.452. The van der Waals surface area contributed by atoms with Gasteiger partial charge in [0.15, 0.2) is 6.61 Å². The van der Waals surface area contributed by atoms with Crippen LogP contribution in [0.4, 0.5) is 5.69 Å². The number of carbonyl (C=O) groups is 2. The zero-order chi connectivity index (χ0) is 27.8. The number of rotatable bonds is 7. The maximum atomic E-state index is 13.6. The number of anilines is 1. The minimum absolute atomic E-state index is 0.0422. The largest absolute Gasteiger partial charge is 0.484 e. The lowest BCUT2D eigenvalue weighted by Crippen LogP contribution is -2.41. The molecule has 0 spiro atoms. The summed E-state index contributed by atoms with van der Waals surface area (Å²) in [4.78, 5) is 33.4. The summed E-state index contributed by atoms with van der Waals surface area (Å²) in [7, 11) is 1.89. The minimum Gasteiger partial charge on any atom is -0.484 e. The highest BCUT2D eigenvalue weighted by Crippen LogP contribution is 2.28. The first-order valence-corrected chi connectivity index (χ1v) is 13.9. The Hall–Kier alpha value is -3.65. The van der Waals surface area contributed by atoms with Gasteiger partial charge >= 0.3 is 0 Å². The maximum Gasteiger partial charge on any atom is 0.264 e. The molecule has 0 fully saturated rings. The van der Waals surface area contributed by atoms with Gasteiger partial charge in [0.25, 0.3) is 5.91 Å². The quantitative estimate of drug-likeness (QED) is 0.457. The van der Waals surface area contributed by atoms with Gasteiger partial charge in [0.1, 0.15) is 5.75 Å². The van der Waals surface area contributed by atoms with Gasteiger partial charge < -0.3 is 14.5 Å². The number of aromatic nitrogens is 2. The van der Waals surface area contributed by atoms with E-state index in [-0.39, 0.29) is 18.4 Å². The smallest absolute Gasteiger partial charge is 0.264 e. The Labute approximate surface area is 232 Å². The summed E-state index contributed by atoms with van der Waals surface area (Å²) in [5.41, 5.74) is 3.94. The summed E-state index contributed by atoms with van der Waals surface area (Å²) >= 11 is 0. The van der Waals surface area contributed by atoms with Gasteiger partial charge in [0, 0.05) is 58.4 Å². The number of fused-ring (bicyclic) bond motifs is 1. The van der Waals surface area contributed by atoms with Gasteiger partial charge in [-0.05, 0) is 62.4 Å². The fourth-order valence-corrected chi connectivity index (χ4v) is 5.15. The van der Waals surface area contributed by atoms with Crippen LogP contribution >= 0.6 is 0 Å². The van der Waals surface area contributed by atoms with E-state index in [1.165, 1.54) is 0 Å². The number of ether oxygens (including phenoxy) is 1. The second-order valence-electron chi connectivity index (χ2n) is 10.6. The van der Waals surface area contributed by atoms with Crippen molar-refractivity contribution in [1.29, 1.82) is 0 Å². The summed E-state index contributed by atoms with van der Waals surface area (Å²) in [5.74, 6) is 0.698. The van der Waals surface area contributed by atoms with Crippen LogP contribution in [0.5, 0.6) is 5.75 Å². The molecule has 39 heavy (non-hydrogen) atoms. The molecule has 0 aliphatic carbocycles. The number of carbonyl (C=O) groups excluding carboxylic acids is 2. The second-order valence-corrected chi connectivity index (χ2v) is 10.6. The summed E-state index contributed by atoms with van der Waals surface area (Å²) < 4.78 is 7.61. The van der Waals surface area contributed by atoms with Crippen molar-refractivity contribution in [3.05, 3.63) is 77.6 Å². The van der Waals surface area contributed by atoms with Crippen molar-refractivity contribution < 1.29 is 14.3 Å². The highest BCUT2D eigenvalue weighted by atomic mass is 16.5. The molecule has 0 atom stereocenters. The van der Waals surface area contributed by atoms with E-state index in [1.807, 2.05) is 84.7 Å². The van der Waals surface area contributed by atoms with Crippen LogP contribution < -0.4 is 9.64 Å². The van der Waals surface area contributed by atoms with E-state index in [9.17, 15) is 9.59 Å². The summed E-state index contributed by atoms with van der Waals surface area (Å²) in [5, 5.41) is 4.23. The molecule has 0 unspecified atom stereocenters. The number of para-hydroxylation sites is 2. The molecule has 8 nitrogen and oxygen atoms in total. The molecule has 8 heteroatoms. The van der Waals surface area contributed by atoms with Crippen LogP contribution in [0.25, 0.3) is 0 Å². The molecule has 1 aliphatic heterocycles. The van der Waals surface area contributed by atoms with Crippen LogP contribution in [0.2, 0.25) is 0 Å². The molecule has 0 bridgehead atoms. The predicted octanol–water partition coefficient (Wildman–Crippen LogP) is 4.22. The molecule has 2 aromatic carbocycles. The zero-order valence-electron chi connectivity index (χ0n) is 23.7. The maximum absolute atomic E-state index is 13.6. The monoisotopic (exact) mass is 531 g/mol. The number of hydrogen-bond acceptors (Lipinski definition) is 5. The molecule has 0 radical (unpaired) electrons. The molecule has 0 N–H and O–H groups in total. The van der Waals surface area contributed by atoms with Gasteiger partial charge in [-0.1, -0.05) is 36.4 Å². The first kappa shape index (κ1) is 28.4. The molecular formula is C31H41N5O3. The Balaban J connectivity index is 1.60. The van der Waals surface area contributed by atoms with Crippen molar-refractivity contribution in [3.8, 4) is 5.75 Å². The first-order chi connectivity index (χ1) is 18.8. The Morgan fingerprint density at radius 2 is 1.77 bits per heavy atom. The average molecular weight is 532 g/mol. The van der Waals surface area contributed by atoms with Crippen LogP contribution in [0.3, 0.4) is 0 Å². The Bertz CT molecular complexity index is 1240. The Morgan fingerprint density at radius 1 is 0.974 bits per heavy atom. The van der Waals surface area contributed by atoms with Crippen molar-refractivity contribution in [2.24, 2.45) is 7.05 Å². The van der Waals surface area contributed by atoms with Crippen molar-refractivity contribution in [2.45, 2.75) is 52.6 Å². The number of benzene rings is 2. The summed E-state index contributed by atoms with van der Waals surface area (Å²) in [6.07, 6.45) is 5.68. The van der Waals surface area contributed by atoms with E-state index in [0.717, 1.165) is 41.9 Å². The van der Waals surface area contributed by atoms with Gasteiger partial charge in [-0.15, -0.1) is 0 Å². The summed E-state index contributed by atoms with van der Waals surface area (Å²) in [6, 6.07) is 15.9. The Morgan fingerprint density at radius 3 is 2.49 bits per heavy atom. The van der Waals surface area contributed by atoms with Crippen LogP contribution in [-0.4, -0.2) is 70.2 Å². The van der Waals surface area contributed by atoms with Crippen LogP contribution in [0.1, 0.15) is 43.4 Å². The molecular weight excluding hydrogens is 490 g/mol. The van der Waals surface area contributed by atoms with E-state index >= 15 is 0 Å². The first-order valence-electron chi connectivity index (χ1n) is 13.9. The SMILES string of the molecule is Cc1cccc2c1N(C(=O)COc1ccccc1)CCCN(C(C)C)CCN(C(=O)CCc1cnn(C)c1)C2. The minimum atomic E-state index is -0.0841. The second kappa shape index (κ2) is 13.4. The van der Waals surface area contributed by atoms with Gasteiger partial charge in [0.05, 0.1) is 11.9 Å². The van der Waals surface area contributed by atoms with Crippen LogP contribution in [0.15, 0.2) is 60.9 Å². The predicted molar refractivity (Wildman–Crippen MR) is 154 cm³/mol. The van der Waals surface area contributed by atoms with Crippen molar-refractivity contribution in [3.63, 3.8) is 0 Å². The fourth-order valence-electron chi connectivity index (χ4n) is 5.15. The average Bonchev–Trinajstić information content (AvgIpc) is 3.33. The number of nitrogens with zero attached hydrogens (tertiary/aromatic N) is 5. The normalized spacial score (nSPS) is 15.1. The lowest BCUT2D eigenvalue weighted by atomic mass is 10.0. The molecule has 2 amide bonds. The lowest BCUT2D eigenvalue weighted by molar-refractivity contribution is -0.132. The van der Waals surface area contributed by atoms with Crippen molar-refractivity contribution in [2.75, 3.05) is 37.7 Å². The topological polar surface area (TPSA) is 70.9 Å². The molecule has 2 heterocycles. The highest BCUT2D eigenvalue weighted by Gasteiger charge is 2.26. The standard InChI is InChI=1S/C31H41N5O3/c1-24(2)34-16-9-17-36(30(38)23-39-28-12-6-5-7-13-28)31-25(3)10-8-11-27(31)22-35(19-18-34)29(37)15-14-26-20-32-33(4)21-26/h5-8,10-13,20-21,24H,9,14-19,22-23H2,1-4H3. The molecule has 0 saturated carbocycles. The third-order valence-electron chi connectivity index (χ3n) is 7.31. The molecule has 1 aromatic heterocycles. The molecule has 1 aliphatic rings. The van der Waals surface area contributed by atoms with Crippen molar-refractivity contribution >= 4 is 17.5 Å². The Kier molecular flexibility index (Phi) is 9.76. The lowest BCUT2D eigenvalue weighted by Gasteiger charge is -2.30. The van der Waals surface area contributed by atoms with E-state index < -0.39 is 0 Å². The van der Waals surface area contributed by atoms with Gasteiger partial charge in [-0.25, -0.2) is 0 Å². The zero-order valence-corrected chi connectivity index (χ0v) is 23.7. The number of aryl methyl sites for hydroxylation is 3. The third kappa shape index (κ3) is 7.69. The van der Waals surface area contributed by atoms with E-state index in [1.54, 1.807) is 4.68 Å². The number of hydrogen-bond donors (Lipinski definition) is 0. The van der Waals surface area contributed by atoms with Crippen LogP contribution in [-0.2, 0) is 29.6 Å². The molecule has 208 valence electrons. The third-order valence-corrected chi connectivity index (χ3v) is 7.31. The van der Waals surface area contributed by atoms with E-state index in [0.29, 0.717) is 44.3 Å². The summed E-state index contributed by atoms with van der Waals surface area (Å²) in [6.45, 7) is 9.69. The van der Waals surface area contributed by atoms with Crippen LogP contribution in [0, 0.1) is 6.92 Å². The van der Waals surface area contributed by atoms with Gasteiger partial charge in [-0.2, -0.15) is 5.10 Å². The van der Waals surface area contributed by atoms with Crippen molar-refractivity contribution in [1.82, 2.24) is 19.6 Å². The number of amides is 2. The van der Waals surface area contributed by atoms with E-state index in [4.69, 9.17) is 4.74 Å². The highest BCUT2D eigenvalue weighted by molar-refractivity contribution is 5.96. The van der Waals surface area contributed by atoms with Gasteiger partial charge in [-0.3, -0.25) is 19.2 Å². The van der Waals surface area contributed by atoms with Gasteiger partial charge in [0.2, 0.25) is 5.91 Å². The molecule has 4 rings (SSSR count).